The maximum atomic E-state index is 11.3. The lowest BCUT2D eigenvalue weighted by Gasteiger charge is -2.51. The molecule has 14 heavy (non-hydrogen) atoms. The van der Waals surface area contributed by atoms with E-state index < -0.39 is 0 Å². The fourth-order valence-corrected chi connectivity index (χ4v) is 2.49. The quantitative estimate of drug-likeness (QED) is 0.622. The van der Waals surface area contributed by atoms with Crippen molar-refractivity contribution in [3.63, 3.8) is 0 Å². The fraction of sp³-hybridized carbons (Fsp3) is 0.727. The maximum absolute atomic E-state index is 11.3. The number of amides is 1. The standard InChI is InChI=1S/C11H16N2O/c1-2-8-12-9-4-5-10(14)13-11(9)6-3-7-11/h1,9,12H,3-8H2,(H,13,14). The Morgan fingerprint density at radius 3 is 3.00 bits per heavy atom. The van der Waals surface area contributed by atoms with Crippen molar-refractivity contribution in [2.75, 3.05) is 6.54 Å². The number of nitrogens with one attached hydrogen (secondary N) is 2. The van der Waals surface area contributed by atoms with Crippen molar-refractivity contribution in [1.82, 2.24) is 10.6 Å². The summed E-state index contributed by atoms with van der Waals surface area (Å²) in [5.41, 5.74) is 0.0339. The molecule has 3 nitrogen and oxygen atoms in total. The Labute approximate surface area is 84.6 Å². The van der Waals surface area contributed by atoms with Gasteiger partial charge in [-0.3, -0.25) is 4.79 Å². The van der Waals surface area contributed by atoms with Crippen LogP contribution in [0, 0.1) is 12.3 Å². The maximum Gasteiger partial charge on any atom is 0.220 e. The van der Waals surface area contributed by atoms with Crippen LogP contribution < -0.4 is 10.6 Å². The van der Waals surface area contributed by atoms with Crippen molar-refractivity contribution < 1.29 is 4.79 Å². The summed E-state index contributed by atoms with van der Waals surface area (Å²) in [6.07, 6.45) is 10.2. The van der Waals surface area contributed by atoms with Crippen LogP contribution in [0.1, 0.15) is 32.1 Å². The van der Waals surface area contributed by atoms with Gasteiger partial charge in [-0.05, 0) is 25.7 Å². The van der Waals surface area contributed by atoms with Crippen molar-refractivity contribution in [1.29, 1.82) is 0 Å². The second kappa shape index (κ2) is 3.62. The van der Waals surface area contributed by atoms with Gasteiger partial charge in [-0.25, -0.2) is 0 Å². The zero-order chi connectivity index (χ0) is 10.0. The number of hydrogen-bond donors (Lipinski definition) is 2. The lowest BCUT2D eigenvalue weighted by atomic mass is 9.68. The van der Waals surface area contributed by atoms with Crippen molar-refractivity contribution in [3.8, 4) is 12.3 Å². The average molecular weight is 192 g/mol. The van der Waals surface area contributed by atoms with Crippen LogP contribution in [0.5, 0.6) is 0 Å². The Morgan fingerprint density at radius 1 is 1.64 bits per heavy atom. The molecular formula is C11H16N2O. The topological polar surface area (TPSA) is 41.1 Å². The highest BCUT2D eigenvalue weighted by atomic mass is 16.1. The molecule has 2 N–H and O–H groups in total. The number of terminal acetylenes is 1. The molecule has 1 atom stereocenters. The number of carbonyl (C=O) groups is 1. The normalized spacial score (nSPS) is 29.1. The summed E-state index contributed by atoms with van der Waals surface area (Å²) >= 11 is 0. The lowest BCUT2D eigenvalue weighted by Crippen LogP contribution is -2.67. The summed E-state index contributed by atoms with van der Waals surface area (Å²) in [5.74, 6) is 2.79. The minimum Gasteiger partial charge on any atom is -0.349 e. The molecule has 0 aromatic rings. The Bertz CT molecular complexity index is 276. The van der Waals surface area contributed by atoms with E-state index >= 15 is 0 Å². The minimum atomic E-state index is 0.0339. The Balaban J connectivity index is 2.00. The molecule has 0 aromatic heterocycles. The van der Waals surface area contributed by atoms with Crippen molar-refractivity contribution >= 4 is 5.91 Å². The number of piperidine rings is 1. The summed E-state index contributed by atoms with van der Waals surface area (Å²) in [7, 11) is 0. The molecule has 3 heteroatoms. The largest absolute Gasteiger partial charge is 0.349 e. The molecule has 76 valence electrons. The Morgan fingerprint density at radius 2 is 2.43 bits per heavy atom. The second-order valence-corrected chi connectivity index (χ2v) is 4.23. The SMILES string of the molecule is C#CCNC1CCC(=O)NC12CCC2. The number of hydrogen-bond acceptors (Lipinski definition) is 2. The molecule has 1 saturated carbocycles. The molecule has 1 saturated heterocycles. The number of rotatable bonds is 2. The third-order valence-electron chi connectivity index (χ3n) is 3.41. The van der Waals surface area contributed by atoms with Crippen LogP contribution in [0.3, 0.4) is 0 Å². The summed E-state index contributed by atoms with van der Waals surface area (Å²) in [6.45, 7) is 0.599. The van der Waals surface area contributed by atoms with E-state index in [-0.39, 0.29) is 11.4 Å². The first-order valence-electron chi connectivity index (χ1n) is 5.25. The molecule has 0 radical (unpaired) electrons. The van der Waals surface area contributed by atoms with Gasteiger partial charge in [0.05, 0.1) is 12.1 Å². The molecule has 2 aliphatic rings. The molecular weight excluding hydrogens is 176 g/mol. The summed E-state index contributed by atoms with van der Waals surface area (Å²) < 4.78 is 0. The highest BCUT2D eigenvalue weighted by Crippen LogP contribution is 2.38. The van der Waals surface area contributed by atoms with E-state index in [0.717, 1.165) is 19.3 Å². The van der Waals surface area contributed by atoms with E-state index in [0.29, 0.717) is 19.0 Å². The Kier molecular flexibility index (Phi) is 2.47. The smallest absolute Gasteiger partial charge is 0.220 e. The van der Waals surface area contributed by atoms with Gasteiger partial charge in [0.15, 0.2) is 0 Å². The molecule has 1 aliphatic heterocycles. The van der Waals surface area contributed by atoms with Crippen LogP contribution in [0.2, 0.25) is 0 Å². The Hall–Kier alpha value is -1.01. The highest BCUT2D eigenvalue weighted by Gasteiger charge is 2.47. The van der Waals surface area contributed by atoms with E-state index in [9.17, 15) is 4.79 Å². The van der Waals surface area contributed by atoms with Gasteiger partial charge < -0.3 is 10.6 Å². The van der Waals surface area contributed by atoms with Crippen LogP contribution >= 0.6 is 0 Å². The van der Waals surface area contributed by atoms with Crippen molar-refractivity contribution in [2.45, 2.75) is 43.7 Å². The first-order valence-corrected chi connectivity index (χ1v) is 5.25. The summed E-state index contributed by atoms with van der Waals surface area (Å²) in [4.78, 5) is 11.3. The minimum absolute atomic E-state index is 0.0339. The first-order chi connectivity index (χ1) is 6.77. The van der Waals surface area contributed by atoms with Gasteiger partial charge in [-0.1, -0.05) is 5.92 Å². The second-order valence-electron chi connectivity index (χ2n) is 4.23. The highest BCUT2D eigenvalue weighted by molar-refractivity contribution is 5.78. The van der Waals surface area contributed by atoms with E-state index in [1.54, 1.807) is 0 Å². The van der Waals surface area contributed by atoms with E-state index in [2.05, 4.69) is 16.6 Å². The fourth-order valence-electron chi connectivity index (χ4n) is 2.49. The molecule has 1 unspecified atom stereocenters. The molecule has 2 fully saturated rings. The zero-order valence-electron chi connectivity index (χ0n) is 8.31. The van der Waals surface area contributed by atoms with E-state index in [4.69, 9.17) is 6.42 Å². The van der Waals surface area contributed by atoms with E-state index in [1.165, 1.54) is 6.42 Å². The molecule has 1 amide bonds. The van der Waals surface area contributed by atoms with Gasteiger partial charge in [-0.2, -0.15) is 0 Å². The third-order valence-corrected chi connectivity index (χ3v) is 3.41. The molecule has 0 bridgehead atoms. The molecule has 2 rings (SSSR count). The lowest BCUT2D eigenvalue weighted by molar-refractivity contribution is -0.128. The van der Waals surface area contributed by atoms with Crippen LogP contribution in [0.25, 0.3) is 0 Å². The molecule has 1 spiro atoms. The third kappa shape index (κ3) is 1.51. The molecule has 1 heterocycles. The van der Waals surface area contributed by atoms with Crippen molar-refractivity contribution in [2.24, 2.45) is 0 Å². The van der Waals surface area contributed by atoms with Gasteiger partial charge in [0.2, 0.25) is 5.91 Å². The van der Waals surface area contributed by atoms with E-state index in [1.807, 2.05) is 0 Å². The van der Waals surface area contributed by atoms with Crippen LogP contribution in [-0.2, 0) is 4.79 Å². The van der Waals surface area contributed by atoms with Crippen LogP contribution in [0.15, 0.2) is 0 Å². The molecule has 1 aliphatic carbocycles. The average Bonchev–Trinajstić information content (AvgIpc) is 2.13. The van der Waals surface area contributed by atoms with Gasteiger partial charge in [0.1, 0.15) is 0 Å². The predicted octanol–water partition coefficient (Wildman–Crippen LogP) is 0.410. The van der Waals surface area contributed by atoms with Gasteiger partial charge in [0.25, 0.3) is 0 Å². The summed E-state index contributed by atoms with van der Waals surface area (Å²) in [5, 5.41) is 6.45. The van der Waals surface area contributed by atoms with Crippen molar-refractivity contribution in [3.05, 3.63) is 0 Å². The van der Waals surface area contributed by atoms with Gasteiger partial charge >= 0.3 is 0 Å². The zero-order valence-corrected chi connectivity index (χ0v) is 8.31. The summed E-state index contributed by atoms with van der Waals surface area (Å²) in [6, 6.07) is 0.380. The molecule has 0 aromatic carbocycles. The first kappa shape index (κ1) is 9.54. The van der Waals surface area contributed by atoms with Crippen LogP contribution in [-0.4, -0.2) is 24.0 Å². The van der Waals surface area contributed by atoms with Gasteiger partial charge in [0, 0.05) is 12.5 Å². The monoisotopic (exact) mass is 192 g/mol. The predicted molar refractivity (Wildman–Crippen MR) is 54.6 cm³/mol. The van der Waals surface area contributed by atoms with Gasteiger partial charge in [-0.15, -0.1) is 6.42 Å². The van der Waals surface area contributed by atoms with Crippen LogP contribution in [0.4, 0.5) is 0 Å². The number of carbonyl (C=O) groups excluding carboxylic acids is 1.